The van der Waals surface area contributed by atoms with Crippen molar-refractivity contribution in [2.45, 2.75) is 0 Å². The Kier molecular flexibility index (Phi) is 4.11. The third-order valence-electron chi connectivity index (χ3n) is 1.17. The summed E-state index contributed by atoms with van der Waals surface area (Å²) in [5.74, 6) is -0.874. The molecule has 0 aliphatic carbocycles. The van der Waals surface area contributed by atoms with Crippen LogP contribution >= 0.6 is 7.60 Å². The average molecular weight is 240 g/mol. The van der Waals surface area contributed by atoms with E-state index >= 15 is 0 Å². The predicted molar refractivity (Wildman–Crippen MR) is 38.1 cm³/mol. The topological polar surface area (TPSA) is 57.5 Å². The first kappa shape index (κ1) is 11.8. The summed E-state index contributed by atoms with van der Waals surface area (Å²) in [5, 5.41) is -0.556. The summed E-state index contributed by atoms with van der Waals surface area (Å²) in [4.78, 5) is 17.1. The van der Waals surface area contributed by atoms with Gasteiger partial charge in [0.2, 0.25) is 0 Å². The fourth-order valence-corrected chi connectivity index (χ4v) is 1.32. The molecule has 0 atom stereocenters. The Bertz CT molecular complexity index is 311. The zero-order valence-electron chi connectivity index (χ0n) is 5.74. The zero-order valence-corrected chi connectivity index (χ0v) is 7.57. The van der Waals surface area contributed by atoms with E-state index in [1.54, 1.807) is 0 Å². The molecule has 0 amide bonds. The number of rotatable bonds is 1. The summed E-state index contributed by atoms with van der Waals surface area (Å²) in [6.45, 7) is 0. The Morgan fingerprint density at radius 2 is 1.75 bits per heavy atom. The first-order chi connectivity index (χ1) is 5.02. The van der Waals surface area contributed by atoms with Gasteiger partial charge in [0, 0.05) is 17.1 Å². The first-order valence-corrected chi connectivity index (χ1v) is 4.43. The number of benzene rings is 1. The Morgan fingerprint density at radius 1 is 1.25 bits per heavy atom. The maximum absolute atomic E-state index is 12.6. The van der Waals surface area contributed by atoms with Crippen LogP contribution in [-0.4, -0.2) is 9.79 Å². The van der Waals surface area contributed by atoms with Gasteiger partial charge >= 0.3 is 7.60 Å². The summed E-state index contributed by atoms with van der Waals surface area (Å²) in [6, 6.07) is 4.82. The maximum Gasteiger partial charge on any atom is 0.359 e. The van der Waals surface area contributed by atoms with Crippen LogP contribution in [0.2, 0.25) is 0 Å². The van der Waals surface area contributed by atoms with Crippen LogP contribution in [0.25, 0.3) is 0 Å². The van der Waals surface area contributed by atoms with Crippen LogP contribution in [0.5, 0.6) is 0 Å². The molecule has 1 rings (SSSR count). The molecule has 0 heterocycles. The van der Waals surface area contributed by atoms with Gasteiger partial charge in [-0.25, -0.2) is 4.39 Å². The molecule has 0 aliphatic heterocycles. The monoisotopic (exact) mass is 239 g/mol. The largest absolute Gasteiger partial charge is 0.359 e. The minimum Gasteiger partial charge on any atom is -0.321 e. The van der Waals surface area contributed by atoms with E-state index in [1.165, 1.54) is 12.1 Å². The summed E-state index contributed by atoms with van der Waals surface area (Å²) in [5.41, 5.74) is 0. The van der Waals surface area contributed by atoms with Gasteiger partial charge in [-0.1, -0.05) is 12.1 Å². The normalized spacial score (nSPS) is 10.6. The van der Waals surface area contributed by atoms with Crippen LogP contribution in [0.4, 0.5) is 4.39 Å². The molecule has 0 saturated heterocycles. The molecule has 6 heteroatoms. The molecule has 1 aromatic carbocycles. The molecule has 0 aromatic heterocycles. The van der Waals surface area contributed by atoms with Gasteiger partial charge in [-0.15, -0.1) is 0 Å². The molecule has 3 nitrogen and oxygen atoms in total. The Balaban J connectivity index is 0.00000121. The summed E-state index contributed by atoms with van der Waals surface area (Å²) in [6.07, 6.45) is 0. The SMILES string of the molecule is O=P(O)(O)c1ccccc1F.[Cu]. The van der Waals surface area contributed by atoms with Crippen LogP contribution in [0.1, 0.15) is 0 Å². The van der Waals surface area contributed by atoms with Crippen molar-refractivity contribution in [1.29, 1.82) is 0 Å². The number of hydrogen-bond donors (Lipinski definition) is 2. The smallest absolute Gasteiger partial charge is 0.321 e. The second kappa shape index (κ2) is 4.17. The standard InChI is InChI=1S/C6H6FO3P.Cu/c7-5-3-1-2-4-6(5)11(8,9)10;/h1-4H,(H2,8,9,10);. The van der Waals surface area contributed by atoms with Gasteiger partial charge < -0.3 is 9.79 Å². The first-order valence-electron chi connectivity index (χ1n) is 2.82. The van der Waals surface area contributed by atoms with E-state index in [0.717, 1.165) is 12.1 Å². The van der Waals surface area contributed by atoms with E-state index in [1.807, 2.05) is 0 Å². The van der Waals surface area contributed by atoms with Crippen LogP contribution < -0.4 is 5.30 Å². The third kappa shape index (κ3) is 2.70. The maximum atomic E-state index is 12.6. The van der Waals surface area contributed by atoms with Gasteiger partial charge in [0.25, 0.3) is 0 Å². The van der Waals surface area contributed by atoms with Crippen molar-refractivity contribution >= 4 is 12.9 Å². The van der Waals surface area contributed by atoms with Gasteiger partial charge in [0.1, 0.15) is 5.82 Å². The molecule has 0 unspecified atom stereocenters. The molecule has 1 radical (unpaired) electrons. The molecule has 0 aliphatic rings. The second-order valence-electron chi connectivity index (χ2n) is 2.00. The molecule has 0 spiro atoms. The van der Waals surface area contributed by atoms with E-state index in [-0.39, 0.29) is 17.1 Å². The fourth-order valence-electron chi connectivity index (χ4n) is 0.688. The van der Waals surface area contributed by atoms with Crippen molar-refractivity contribution in [1.82, 2.24) is 0 Å². The summed E-state index contributed by atoms with van der Waals surface area (Å²) >= 11 is 0. The average Bonchev–Trinajstić information content (AvgIpc) is 1.86. The van der Waals surface area contributed by atoms with Crippen molar-refractivity contribution in [3.8, 4) is 0 Å². The predicted octanol–water partition coefficient (Wildman–Crippen LogP) is 0.626. The zero-order chi connectivity index (χ0) is 8.48. The Labute approximate surface area is 79.2 Å². The van der Waals surface area contributed by atoms with E-state index in [2.05, 4.69) is 0 Å². The molecule has 12 heavy (non-hydrogen) atoms. The van der Waals surface area contributed by atoms with Gasteiger partial charge in [0.05, 0.1) is 5.30 Å². The van der Waals surface area contributed by atoms with E-state index in [9.17, 15) is 8.96 Å². The molecule has 0 saturated carbocycles. The van der Waals surface area contributed by atoms with Crippen LogP contribution in [0, 0.1) is 5.82 Å². The van der Waals surface area contributed by atoms with Gasteiger partial charge in [-0.05, 0) is 12.1 Å². The molecule has 0 bridgehead atoms. The van der Waals surface area contributed by atoms with Crippen LogP contribution in [-0.2, 0) is 21.6 Å². The molecular formula is C6H6CuFO3P. The van der Waals surface area contributed by atoms with Crippen LogP contribution in [0.3, 0.4) is 0 Å². The number of hydrogen-bond acceptors (Lipinski definition) is 1. The van der Waals surface area contributed by atoms with Crippen LogP contribution in [0.15, 0.2) is 24.3 Å². The second-order valence-corrected chi connectivity index (χ2v) is 3.57. The Morgan fingerprint density at radius 3 is 2.08 bits per heavy atom. The van der Waals surface area contributed by atoms with E-state index in [4.69, 9.17) is 9.79 Å². The van der Waals surface area contributed by atoms with Crippen molar-refractivity contribution in [3.63, 3.8) is 0 Å². The number of halogens is 1. The van der Waals surface area contributed by atoms with Gasteiger partial charge in [-0.2, -0.15) is 0 Å². The summed E-state index contributed by atoms with van der Waals surface area (Å²) in [7, 11) is -4.43. The molecule has 2 N–H and O–H groups in total. The van der Waals surface area contributed by atoms with Gasteiger partial charge in [0.15, 0.2) is 0 Å². The minimum absolute atomic E-state index is 0. The van der Waals surface area contributed by atoms with Crippen molar-refractivity contribution in [2.24, 2.45) is 0 Å². The third-order valence-corrected chi connectivity index (χ3v) is 2.16. The molecule has 1 aromatic rings. The quantitative estimate of drug-likeness (QED) is 0.558. The molecule has 0 fully saturated rings. The molecule has 71 valence electrons. The van der Waals surface area contributed by atoms with Crippen molar-refractivity contribution in [2.75, 3.05) is 0 Å². The van der Waals surface area contributed by atoms with Gasteiger partial charge in [-0.3, -0.25) is 4.57 Å². The minimum atomic E-state index is -4.43. The van der Waals surface area contributed by atoms with E-state index < -0.39 is 18.7 Å². The summed E-state index contributed by atoms with van der Waals surface area (Å²) < 4.78 is 23.1. The van der Waals surface area contributed by atoms with E-state index in [0.29, 0.717) is 0 Å². The van der Waals surface area contributed by atoms with Crippen molar-refractivity contribution in [3.05, 3.63) is 30.1 Å². The Hall–Kier alpha value is -0.181. The van der Waals surface area contributed by atoms with Crippen molar-refractivity contribution < 1.29 is 35.8 Å². The molecular weight excluding hydrogens is 234 g/mol. The fraction of sp³-hybridized carbons (Fsp3) is 0.